The second kappa shape index (κ2) is 6.73. The van der Waals surface area contributed by atoms with Crippen molar-refractivity contribution in [2.24, 2.45) is 0 Å². The maximum atomic E-state index is 11.6. The van der Waals surface area contributed by atoms with Gasteiger partial charge in [0.2, 0.25) is 0 Å². The Kier molecular flexibility index (Phi) is 4.98. The highest BCUT2D eigenvalue weighted by atomic mass is 35.7. The minimum atomic E-state index is -3.68. The van der Waals surface area contributed by atoms with Crippen molar-refractivity contribution in [3.05, 3.63) is 47.8 Å². The number of aryl methyl sites for hydroxylation is 1. The van der Waals surface area contributed by atoms with Crippen LogP contribution >= 0.6 is 10.7 Å². The maximum absolute atomic E-state index is 11.6. The third-order valence-electron chi connectivity index (χ3n) is 2.88. The van der Waals surface area contributed by atoms with Gasteiger partial charge in [0.15, 0.2) is 0 Å². The molecule has 0 fully saturated rings. The van der Waals surface area contributed by atoms with Gasteiger partial charge < -0.3 is 5.32 Å². The predicted octanol–water partition coefficient (Wildman–Crippen LogP) is 1.70. The number of carbonyl (C=O) groups is 1. The summed E-state index contributed by atoms with van der Waals surface area (Å²) in [5.74, 6) is -0.198. The molecule has 6 nitrogen and oxygen atoms in total. The topological polar surface area (TPSA) is 91.9 Å². The van der Waals surface area contributed by atoms with Crippen LogP contribution in [0.2, 0.25) is 0 Å². The minimum Gasteiger partial charge on any atom is -0.351 e. The van der Waals surface area contributed by atoms with Crippen LogP contribution < -0.4 is 5.32 Å². The molecule has 0 aliphatic rings. The number of nitrogens with zero attached hydrogens (tertiary/aromatic N) is 1. The van der Waals surface area contributed by atoms with Crippen LogP contribution in [-0.4, -0.2) is 31.1 Å². The van der Waals surface area contributed by atoms with Crippen LogP contribution in [0.4, 0.5) is 0 Å². The lowest BCUT2D eigenvalue weighted by atomic mass is 10.1. The zero-order valence-corrected chi connectivity index (χ0v) is 12.6. The highest BCUT2D eigenvalue weighted by Gasteiger charge is 2.09. The van der Waals surface area contributed by atoms with Gasteiger partial charge in [-0.1, -0.05) is 12.1 Å². The average molecular weight is 328 g/mol. The Morgan fingerprint density at radius 2 is 1.95 bits per heavy atom. The number of aromatic amines is 1. The first-order valence-corrected chi connectivity index (χ1v) is 8.59. The Morgan fingerprint density at radius 3 is 2.52 bits per heavy atom. The highest BCUT2D eigenvalue weighted by molar-refractivity contribution is 8.13. The SMILES string of the molecule is O=C(NCCCc1ccc(S(=O)(=O)Cl)cc1)c1ccn[nH]1. The van der Waals surface area contributed by atoms with Crippen molar-refractivity contribution < 1.29 is 13.2 Å². The Bertz CT molecular complexity index is 697. The third kappa shape index (κ3) is 4.57. The summed E-state index contributed by atoms with van der Waals surface area (Å²) in [6.07, 6.45) is 2.99. The summed E-state index contributed by atoms with van der Waals surface area (Å²) in [5, 5.41) is 9.05. The summed E-state index contributed by atoms with van der Waals surface area (Å²) in [7, 11) is 1.56. The van der Waals surface area contributed by atoms with Gasteiger partial charge in [0, 0.05) is 23.4 Å². The van der Waals surface area contributed by atoms with Gasteiger partial charge in [-0.05, 0) is 36.6 Å². The summed E-state index contributed by atoms with van der Waals surface area (Å²) >= 11 is 0. The number of hydrogen-bond donors (Lipinski definition) is 2. The first-order valence-electron chi connectivity index (χ1n) is 6.28. The minimum absolute atomic E-state index is 0.0838. The zero-order valence-electron chi connectivity index (χ0n) is 11.0. The van der Waals surface area contributed by atoms with Gasteiger partial charge >= 0.3 is 0 Å². The summed E-state index contributed by atoms with van der Waals surface area (Å²) in [6, 6.07) is 7.97. The Balaban J connectivity index is 1.78. The number of rotatable bonds is 6. The fraction of sp³-hybridized carbons (Fsp3) is 0.231. The summed E-state index contributed by atoms with van der Waals surface area (Å²) in [6.45, 7) is 0.521. The molecule has 8 heteroatoms. The molecule has 1 heterocycles. The fourth-order valence-electron chi connectivity index (χ4n) is 1.79. The van der Waals surface area contributed by atoms with E-state index in [9.17, 15) is 13.2 Å². The predicted molar refractivity (Wildman–Crippen MR) is 78.7 cm³/mol. The number of hydrogen-bond acceptors (Lipinski definition) is 4. The van der Waals surface area contributed by atoms with E-state index in [1.807, 2.05) is 0 Å². The van der Waals surface area contributed by atoms with Gasteiger partial charge in [-0.15, -0.1) is 0 Å². The second-order valence-electron chi connectivity index (χ2n) is 4.41. The zero-order chi connectivity index (χ0) is 15.3. The van der Waals surface area contributed by atoms with Crippen LogP contribution in [0.1, 0.15) is 22.5 Å². The molecule has 1 amide bonds. The average Bonchev–Trinajstić information content (AvgIpc) is 2.97. The summed E-state index contributed by atoms with van der Waals surface area (Å²) in [4.78, 5) is 11.7. The number of amides is 1. The van der Waals surface area contributed by atoms with Crippen molar-refractivity contribution in [2.45, 2.75) is 17.7 Å². The molecule has 0 bridgehead atoms. The molecule has 2 N–H and O–H groups in total. The largest absolute Gasteiger partial charge is 0.351 e. The summed E-state index contributed by atoms with van der Waals surface area (Å²) < 4.78 is 22.2. The van der Waals surface area contributed by atoms with Crippen molar-refractivity contribution in [1.82, 2.24) is 15.5 Å². The van der Waals surface area contributed by atoms with Crippen LogP contribution in [-0.2, 0) is 15.5 Å². The molecular weight excluding hydrogens is 314 g/mol. The first kappa shape index (κ1) is 15.5. The smallest absolute Gasteiger partial charge is 0.269 e. The van der Waals surface area contributed by atoms with Gasteiger partial charge in [-0.2, -0.15) is 5.10 Å². The van der Waals surface area contributed by atoms with Crippen molar-refractivity contribution >= 4 is 25.6 Å². The lowest BCUT2D eigenvalue weighted by Crippen LogP contribution is -2.25. The molecule has 0 radical (unpaired) electrons. The molecular formula is C13H14ClN3O3S. The fourth-order valence-corrected chi connectivity index (χ4v) is 2.56. The van der Waals surface area contributed by atoms with Crippen molar-refractivity contribution in [3.63, 3.8) is 0 Å². The molecule has 112 valence electrons. The second-order valence-corrected chi connectivity index (χ2v) is 6.98. The lowest BCUT2D eigenvalue weighted by Gasteiger charge is -2.04. The Morgan fingerprint density at radius 1 is 1.24 bits per heavy atom. The lowest BCUT2D eigenvalue weighted by molar-refractivity contribution is 0.0948. The van der Waals surface area contributed by atoms with Crippen LogP contribution in [0.15, 0.2) is 41.4 Å². The Hall–Kier alpha value is -1.86. The highest BCUT2D eigenvalue weighted by Crippen LogP contribution is 2.15. The number of carbonyl (C=O) groups excluding carboxylic acids is 1. The van der Waals surface area contributed by atoms with Crippen LogP contribution in [0.3, 0.4) is 0 Å². The molecule has 0 saturated carbocycles. The normalized spacial score (nSPS) is 11.3. The Labute approximate surface area is 126 Å². The van der Waals surface area contributed by atoms with E-state index < -0.39 is 9.05 Å². The van der Waals surface area contributed by atoms with E-state index >= 15 is 0 Å². The van der Waals surface area contributed by atoms with E-state index in [2.05, 4.69) is 15.5 Å². The molecule has 0 aliphatic carbocycles. The van der Waals surface area contributed by atoms with Crippen molar-refractivity contribution in [1.29, 1.82) is 0 Å². The summed E-state index contributed by atoms with van der Waals surface area (Å²) in [5.41, 5.74) is 1.40. The number of H-pyrrole nitrogens is 1. The third-order valence-corrected chi connectivity index (χ3v) is 4.25. The van der Waals surface area contributed by atoms with Gasteiger partial charge in [0.05, 0.1) is 4.90 Å². The molecule has 1 aromatic heterocycles. The van der Waals surface area contributed by atoms with Crippen LogP contribution in [0.5, 0.6) is 0 Å². The molecule has 0 atom stereocenters. The van der Waals surface area contributed by atoms with Crippen LogP contribution in [0, 0.1) is 0 Å². The monoisotopic (exact) mass is 327 g/mol. The number of benzene rings is 1. The molecule has 0 spiro atoms. The van der Waals surface area contributed by atoms with E-state index in [1.54, 1.807) is 18.2 Å². The van der Waals surface area contributed by atoms with Crippen LogP contribution in [0.25, 0.3) is 0 Å². The first-order chi connectivity index (χ1) is 9.97. The van der Waals surface area contributed by atoms with E-state index in [4.69, 9.17) is 10.7 Å². The van der Waals surface area contributed by atoms with Gasteiger partial charge in [-0.25, -0.2) is 8.42 Å². The quantitative estimate of drug-likeness (QED) is 0.624. The van der Waals surface area contributed by atoms with E-state index in [-0.39, 0.29) is 10.8 Å². The van der Waals surface area contributed by atoms with Gasteiger partial charge in [-0.3, -0.25) is 9.89 Å². The van der Waals surface area contributed by atoms with E-state index in [0.29, 0.717) is 12.2 Å². The number of nitrogens with one attached hydrogen (secondary N) is 2. The standard InChI is InChI=1S/C13H14ClN3O3S/c14-21(19,20)11-5-3-10(4-6-11)2-1-8-15-13(18)12-7-9-16-17-12/h3-7,9H,1-2,8H2,(H,15,18)(H,16,17). The molecule has 2 aromatic rings. The maximum Gasteiger partial charge on any atom is 0.269 e. The molecule has 0 aliphatic heterocycles. The van der Waals surface area contributed by atoms with E-state index in [1.165, 1.54) is 18.3 Å². The van der Waals surface area contributed by atoms with E-state index in [0.717, 1.165) is 18.4 Å². The van der Waals surface area contributed by atoms with Crippen molar-refractivity contribution in [3.8, 4) is 0 Å². The molecule has 2 rings (SSSR count). The van der Waals surface area contributed by atoms with Gasteiger partial charge in [0.25, 0.3) is 15.0 Å². The van der Waals surface area contributed by atoms with Gasteiger partial charge in [0.1, 0.15) is 5.69 Å². The molecule has 1 aromatic carbocycles. The number of halogens is 1. The molecule has 0 unspecified atom stereocenters. The number of aromatic nitrogens is 2. The van der Waals surface area contributed by atoms with Crippen molar-refractivity contribution in [2.75, 3.05) is 6.54 Å². The molecule has 21 heavy (non-hydrogen) atoms. The molecule has 0 saturated heterocycles.